The summed E-state index contributed by atoms with van der Waals surface area (Å²) in [6.07, 6.45) is 1.35. The Kier molecular flexibility index (Phi) is 2.15. The number of halogens is 1. The number of aromatic nitrogens is 2. The Morgan fingerprint density at radius 3 is 2.41 bits per heavy atom. The largest absolute Gasteiger partial charge is 0.498 e. The Bertz CT molecular complexity index is 521. The summed E-state index contributed by atoms with van der Waals surface area (Å²) in [4.78, 5) is 7.65. The lowest BCUT2D eigenvalue weighted by Gasteiger charge is -2.32. The van der Waals surface area contributed by atoms with Crippen LogP contribution in [0.3, 0.4) is 0 Å². The summed E-state index contributed by atoms with van der Waals surface area (Å²) >= 11 is 5.69. The van der Waals surface area contributed by atoms with Crippen LogP contribution in [-0.2, 0) is 9.31 Å². The van der Waals surface area contributed by atoms with E-state index in [1.807, 2.05) is 27.7 Å². The topological polar surface area (TPSA) is 44.2 Å². The molecule has 1 aliphatic rings. The minimum absolute atomic E-state index is 0.114. The van der Waals surface area contributed by atoms with E-state index in [2.05, 4.69) is 9.97 Å². The Morgan fingerprint density at radius 1 is 1.29 bits per heavy atom. The highest BCUT2D eigenvalue weighted by Gasteiger charge is 2.52. The van der Waals surface area contributed by atoms with Gasteiger partial charge >= 0.3 is 7.12 Å². The van der Waals surface area contributed by atoms with Gasteiger partial charge in [-0.3, -0.25) is 0 Å². The summed E-state index contributed by atoms with van der Waals surface area (Å²) in [5.74, 6) is 0. The maximum absolute atomic E-state index is 7.55. The van der Waals surface area contributed by atoms with Gasteiger partial charge in [0, 0.05) is 21.5 Å². The van der Waals surface area contributed by atoms with Gasteiger partial charge < -0.3 is 9.31 Å². The average molecular weight is 258 g/mol. The second kappa shape index (κ2) is 3.94. The van der Waals surface area contributed by atoms with Crippen LogP contribution in [0.25, 0.3) is 0 Å². The van der Waals surface area contributed by atoms with E-state index < -0.39 is 25.2 Å². The van der Waals surface area contributed by atoms with Gasteiger partial charge in [-0.25, -0.2) is 9.97 Å². The third-order valence-electron chi connectivity index (χ3n) is 3.29. The van der Waals surface area contributed by atoms with Crippen LogP contribution >= 0.6 is 11.6 Å². The molecule has 0 N–H and O–H groups in total. The minimum Gasteiger partial charge on any atom is -0.399 e. The summed E-state index contributed by atoms with van der Waals surface area (Å²) in [5, 5.41) is -0.114. The molecule has 0 unspecified atom stereocenters. The Labute approximate surface area is 111 Å². The van der Waals surface area contributed by atoms with Gasteiger partial charge in [-0.1, -0.05) is 0 Å². The Hall–Kier alpha value is -0.645. The zero-order valence-corrected chi connectivity index (χ0v) is 11.0. The van der Waals surface area contributed by atoms with E-state index in [1.165, 1.54) is 6.20 Å². The van der Waals surface area contributed by atoms with Crippen molar-refractivity contribution in [2.75, 3.05) is 0 Å². The first-order chi connectivity index (χ1) is 8.94. The predicted octanol–water partition coefficient (Wildman–Crippen LogP) is 1.74. The summed E-state index contributed by atoms with van der Waals surface area (Å²) < 4.78 is 34.3. The van der Waals surface area contributed by atoms with E-state index in [4.69, 9.17) is 25.0 Å². The van der Waals surface area contributed by atoms with Crippen LogP contribution in [0.1, 0.15) is 37.5 Å². The molecule has 0 aromatic carbocycles. The fourth-order valence-corrected chi connectivity index (χ4v) is 1.65. The molecule has 0 radical (unpaired) electrons. The van der Waals surface area contributed by atoms with Crippen molar-refractivity contribution in [1.82, 2.24) is 9.97 Å². The second-order valence-corrected chi connectivity index (χ2v) is 5.37. The highest BCUT2D eigenvalue weighted by Crippen LogP contribution is 2.36. The molecule has 0 aliphatic carbocycles. The third kappa shape index (κ3) is 2.19. The fourth-order valence-electron chi connectivity index (χ4n) is 1.51. The van der Waals surface area contributed by atoms with Crippen LogP contribution in [-0.4, -0.2) is 28.3 Å². The molecule has 1 aromatic heterocycles. The van der Waals surface area contributed by atoms with Crippen LogP contribution in [0.2, 0.25) is 5.28 Å². The molecular weight excluding hydrogens is 238 g/mol. The molecule has 17 heavy (non-hydrogen) atoms. The van der Waals surface area contributed by atoms with Crippen molar-refractivity contribution < 1.29 is 13.4 Å². The van der Waals surface area contributed by atoms with Gasteiger partial charge in [-0.2, -0.15) is 0 Å². The lowest BCUT2D eigenvalue weighted by molar-refractivity contribution is 0.00578. The van der Waals surface area contributed by atoms with E-state index in [0.717, 1.165) is 0 Å². The van der Waals surface area contributed by atoms with Gasteiger partial charge in [0.15, 0.2) is 0 Å². The van der Waals surface area contributed by atoms with Crippen LogP contribution < -0.4 is 5.46 Å². The summed E-state index contributed by atoms with van der Waals surface area (Å²) in [5.41, 5.74) is -0.990. The zero-order chi connectivity index (χ0) is 15.3. The molecule has 0 saturated carbocycles. The van der Waals surface area contributed by atoms with E-state index in [-0.39, 0.29) is 16.4 Å². The summed E-state index contributed by atoms with van der Waals surface area (Å²) in [6.45, 7) is 5.14. The average Bonchev–Trinajstić information content (AvgIpc) is 2.46. The van der Waals surface area contributed by atoms with Crippen LogP contribution in [0, 0.1) is 6.85 Å². The Balaban J connectivity index is 2.46. The van der Waals surface area contributed by atoms with E-state index in [1.54, 1.807) is 0 Å². The molecule has 92 valence electrons. The van der Waals surface area contributed by atoms with Crippen molar-refractivity contribution in [2.45, 2.75) is 45.7 Å². The SMILES string of the molecule is [2H]C([2H])([2H])c1nc(Cl)ncc1B1OC(C)(C)C(C)(C)O1. The first-order valence-electron chi connectivity index (χ1n) is 6.83. The molecular formula is C11H16BClN2O2. The molecule has 0 atom stereocenters. The highest BCUT2D eigenvalue weighted by molar-refractivity contribution is 6.62. The van der Waals surface area contributed by atoms with Gasteiger partial charge in [0.05, 0.1) is 11.2 Å². The molecule has 1 fully saturated rings. The quantitative estimate of drug-likeness (QED) is 0.568. The van der Waals surface area contributed by atoms with Gasteiger partial charge in [-0.15, -0.1) is 0 Å². The van der Waals surface area contributed by atoms with Crippen molar-refractivity contribution in [3.05, 3.63) is 17.2 Å². The molecule has 2 rings (SSSR count). The van der Waals surface area contributed by atoms with Crippen LogP contribution in [0.5, 0.6) is 0 Å². The number of rotatable bonds is 1. The number of aryl methyl sites for hydroxylation is 1. The number of nitrogens with zero attached hydrogens (tertiary/aromatic N) is 2. The maximum atomic E-state index is 7.55. The van der Waals surface area contributed by atoms with Crippen molar-refractivity contribution in [3.8, 4) is 0 Å². The molecule has 0 amide bonds. The van der Waals surface area contributed by atoms with Gasteiger partial charge in [-0.05, 0) is 46.1 Å². The van der Waals surface area contributed by atoms with Crippen molar-refractivity contribution >= 4 is 24.2 Å². The van der Waals surface area contributed by atoms with Crippen LogP contribution in [0.4, 0.5) is 0 Å². The predicted molar refractivity (Wildman–Crippen MR) is 67.5 cm³/mol. The Morgan fingerprint density at radius 2 is 1.88 bits per heavy atom. The summed E-state index contributed by atoms with van der Waals surface area (Å²) in [6, 6.07) is 0. The first kappa shape index (κ1) is 9.31. The molecule has 4 nitrogen and oxygen atoms in total. The maximum Gasteiger partial charge on any atom is 0.498 e. The first-order valence-corrected chi connectivity index (χ1v) is 5.70. The smallest absolute Gasteiger partial charge is 0.399 e. The van der Waals surface area contributed by atoms with Gasteiger partial charge in [0.1, 0.15) is 0 Å². The minimum atomic E-state index is -2.41. The normalized spacial score (nSPS) is 25.2. The molecule has 0 bridgehead atoms. The van der Waals surface area contributed by atoms with Crippen molar-refractivity contribution in [3.63, 3.8) is 0 Å². The van der Waals surface area contributed by atoms with E-state index in [0.29, 0.717) is 0 Å². The second-order valence-electron chi connectivity index (χ2n) is 5.03. The lowest BCUT2D eigenvalue weighted by Crippen LogP contribution is -2.41. The number of hydrogen-bond donors (Lipinski definition) is 0. The van der Waals surface area contributed by atoms with Crippen molar-refractivity contribution in [1.29, 1.82) is 0 Å². The molecule has 6 heteroatoms. The van der Waals surface area contributed by atoms with E-state index in [9.17, 15) is 0 Å². The highest BCUT2D eigenvalue weighted by atomic mass is 35.5. The summed E-state index contributed by atoms with van der Waals surface area (Å²) in [7, 11) is -0.826. The third-order valence-corrected chi connectivity index (χ3v) is 3.48. The van der Waals surface area contributed by atoms with Gasteiger partial charge in [0.2, 0.25) is 5.28 Å². The molecule has 1 aliphatic heterocycles. The monoisotopic (exact) mass is 257 g/mol. The van der Waals surface area contributed by atoms with Crippen LogP contribution in [0.15, 0.2) is 6.20 Å². The molecule has 2 heterocycles. The fraction of sp³-hybridized carbons (Fsp3) is 0.636. The van der Waals surface area contributed by atoms with Crippen molar-refractivity contribution in [2.24, 2.45) is 0 Å². The number of hydrogen-bond acceptors (Lipinski definition) is 4. The standard InChI is InChI=1S/C11H16BClN2O2/c1-7-8(6-14-9(13)15-7)12-16-10(2,3)11(4,5)17-12/h6H,1-5H3/i1D3. The lowest BCUT2D eigenvalue weighted by atomic mass is 9.79. The van der Waals surface area contributed by atoms with Gasteiger partial charge in [0.25, 0.3) is 0 Å². The molecule has 1 aromatic rings. The molecule has 0 spiro atoms. The van der Waals surface area contributed by atoms with E-state index >= 15 is 0 Å². The molecule has 1 saturated heterocycles. The zero-order valence-electron chi connectivity index (χ0n) is 13.2.